The summed E-state index contributed by atoms with van der Waals surface area (Å²) in [4.78, 5) is 15.9. The first-order valence-corrected chi connectivity index (χ1v) is 5.40. The quantitative estimate of drug-likeness (QED) is 0.873. The molecule has 2 rings (SSSR count). The first-order valence-electron chi connectivity index (χ1n) is 5.40. The molecule has 4 nitrogen and oxygen atoms in total. The Kier molecular flexibility index (Phi) is 3.52. The number of anilines is 2. The maximum atomic E-state index is 13.4. The third-order valence-corrected chi connectivity index (χ3v) is 2.46. The van der Waals surface area contributed by atoms with E-state index in [0.29, 0.717) is 11.3 Å². The van der Waals surface area contributed by atoms with Crippen molar-refractivity contribution in [3.8, 4) is 0 Å². The monoisotopic (exact) mass is 245 g/mol. The molecule has 2 aromatic rings. The molecule has 18 heavy (non-hydrogen) atoms. The van der Waals surface area contributed by atoms with Crippen LogP contribution in [0.25, 0.3) is 0 Å². The van der Waals surface area contributed by atoms with E-state index in [9.17, 15) is 9.18 Å². The molecule has 1 aromatic carbocycles. The molecule has 1 heterocycles. The number of carbonyl (C=O) groups is 1. The number of pyridine rings is 1. The molecule has 0 saturated heterocycles. The fourth-order valence-corrected chi connectivity index (χ4v) is 1.54. The van der Waals surface area contributed by atoms with Gasteiger partial charge in [-0.1, -0.05) is 12.1 Å². The van der Waals surface area contributed by atoms with E-state index < -0.39 is 5.82 Å². The number of rotatable bonds is 3. The minimum absolute atomic E-state index is 0.154. The maximum Gasteiger partial charge on any atom is 0.257 e. The normalized spacial score (nSPS) is 9.89. The van der Waals surface area contributed by atoms with Crippen LogP contribution in [0.4, 0.5) is 15.8 Å². The van der Waals surface area contributed by atoms with Crippen molar-refractivity contribution in [1.82, 2.24) is 4.98 Å². The molecule has 92 valence electrons. The van der Waals surface area contributed by atoms with Crippen molar-refractivity contribution >= 4 is 17.3 Å². The second kappa shape index (κ2) is 5.27. The van der Waals surface area contributed by atoms with Gasteiger partial charge in [0.05, 0.1) is 23.1 Å². The zero-order chi connectivity index (χ0) is 13.0. The largest absolute Gasteiger partial charge is 0.386 e. The van der Waals surface area contributed by atoms with Gasteiger partial charge in [0.25, 0.3) is 5.91 Å². The van der Waals surface area contributed by atoms with Crippen LogP contribution >= 0.6 is 0 Å². The van der Waals surface area contributed by atoms with Crippen LogP contribution in [0, 0.1) is 5.82 Å². The van der Waals surface area contributed by atoms with Crippen molar-refractivity contribution < 1.29 is 9.18 Å². The van der Waals surface area contributed by atoms with Gasteiger partial charge in [-0.2, -0.15) is 0 Å². The number of nitrogens with one attached hydrogen (secondary N) is 2. The van der Waals surface area contributed by atoms with E-state index in [2.05, 4.69) is 15.6 Å². The van der Waals surface area contributed by atoms with Gasteiger partial charge in [-0.15, -0.1) is 0 Å². The molecule has 0 aliphatic carbocycles. The number of benzene rings is 1. The molecule has 0 unspecified atom stereocenters. The summed E-state index contributed by atoms with van der Waals surface area (Å²) in [5.41, 5.74) is 1.16. The molecule has 0 aliphatic heterocycles. The standard InChI is InChI=1S/C13H12FN3O/c1-15-12-8-16-7-6-9(12)13(18)17-11-5-3-2-4-10(11)14/h2-8,15H,1H3,(H,17,18). The SMILES string of the molecule is CNc1cnccc1C(=O)Nc1ccccc1F. The van der Waals surface area contributed by atoms with Gasteiger partial charge in [0, 0.05) is 13.2 Å². The summed E-state index contributed by atoms with van der Waals surface area (Å²) in [6, 6.07) is 7.59. The summed E-state index contributed by atoms with van der Waals surface area (Å²) in [7, 11) is 1.69. The van der Waals surface area contributed by atoms with Gasteiger partial charge in [0.2, 0.25) is 0 Å². The second-order valence-corrected chi connectivity index (χ2v) is 3.61. The average molecular weight is 245 g/mol. The van der Waals surface area contributed by atoms with Gasteiger partial charge in [-0.25, -0.2) is 4.39 Å². The molecule has 1 amide bonds. The smallest absolute Gasteiger partial charge is 0.257 e. The van der Waals surface area contributed by atoms with E-state index >= 15 is 0 Å². The molecule has 0 saturated carbocycles. The number of hydrogen-bond donors (Lipinski definition) is 2. The van der Waals surface area contributed by atoms with Gasteiger partial charge in [-0.3, -0.25) is 9.78 Å². The Hall–Kier alpha value is -2.43. The number of para-hydroxylation sites is 1. The van der Waals surface area contributed by atoms with E-state index in [4.69, 9.17) is 0 Å². The van der Waals surface area contributed by atoms with E-state index in [0.717, 1.165) is 0 Å². The molecule has 5 heteroatoms. The highest BCUT2D eigenvalue weighted by Crippen LogP contribution is 2.17. The summed E-state index contributed by atoms with van der Waals surface area (Å²) in [6.45, 7) is 0. The Morgan fingerprint density at radius 3 is 2.72 bits per heavy atom. The number of carbonyl (C=O) groups excluding carboxylic acids is 1. The predicted octanol–water partition coefficient (Wildman–Crippen LogP) is 2.51. The summed E-state index contributed by atoms with van der Waals surface area (Å²) in [6.07, 6.45) is 3.05. The van der Waals surface area contributed by atoms with Gasteiger partial charge >= 0.3 is 0 Å². The van der Waals surface area contributed by atoms with Crippen LogP contribution in [-0.4, -0.2) is 17.9 Å². The van der Waals surface area contributed by atoms with Crippen molar-refractivity contribution in [3.63, 3.8) is 0 Å². The van der Waals surface area contributed by atoms with Crippen molar-refractivity contribution in [2.24, 2.45) is 0 Å². The van der Waals surface area contributed by atoms with Crippen LogP contribution in [0.1, 0.15) is 10.4 Å². The number of amides is 1. The Labute approximate surface area is 104 Å². The van der Waals surface area contributed by atoms with Crippen molar-refractivity contribution in [2.45, 2.75) is 0 Å². The number of halogens is 1. The van der Waals surface area contributed by atoms with Crippen molar-refractivity contribution in [3.05, 3.63) is 54.1 Å². The molecule has 0 spiro atoms. The highest BCUT2D eigenvalue weighted by atomic mass is 19.1. The van der Waals surface area contributed by atoms with E-state index in [-0.39, 0.29) is 11.6 Å². The lowest BCUT2D eigenvalue weighted by Crippen LogP contribution is -2.15. The highest BCUT2D eigenvalue weighted by molar-refractivity contribution is 6.07. The van der Waals surface area contributed by atoms with E-state index in [1.54, 1.807) is 25.2 Å². The summed E-state index contributed by atoms with van der Waals surface area (Å²) >= 11 is 0. The Bertz CT molecular complexity index is 572. The molecule has 0 radical (unpaired) electrons. The fraction of sp³-hybridized carbons (Fsp3) is 0.0769. The summed E-state index contributed by atoms with van der Waals surface area (Å²) in [5.74, 6) is -0.849. The minimum Gasteiger partial charge on any atom is -0.386 e. The summed E-state index contributed by atoms with van der Waals surface area (Å²) in [5, 5.41) is 5.38. The third-order valence-electron chi connectivity index (χ3n) is 2.46. The summed E-state index contributed by atoms with van der Waals surface area (Å²) < 4.78 is 13.4. The van der Waals surface area contributed by atoms with Gasteiger partial charge < -0.3 is 10.6 Å². The van der Waals surface area contributed by atoms with Gasteiger partial charge in [0.15, 0.2) is 0 Å². The molecule has 0 atom stereocenters. The van der Waals surface area contributed by atoms with Crippen LogP contribution in [0.2, 0.25) is 0 Å². The van der Waals surface area contributed by atoms with Crippen LogP contribution in [0.15, 0.2) is 42.7 Å². The zero-order valence-corrected chi connectivity index (χ0v) is 9.77. The van der Waals surface area contributed by atoms with Gasteiger partial charge in [0.1, 0.15) is 5.82 Å². The van der Waals surface area contributed by atoms with Crippen molar-refractivity contribution in [1.29, 1.82) is 0 Å². The lowest BCUT2D eigenvalue weighted by molar-refractivity contribution is 0.102. The number of nitrogens with zero attached hydrogens (tertiary/aromatic N) is 1. The molecular weight excluding hydrogens is 233 g/mol. The molecular formula is C13H12FN3O. The Morgan fingerprint density at radius 2 is 2.00 bits per heavy atom. The molecule has 0 aliphatic rings. The minimum atomic E-state index is -0.467. The first kappa shape index (κ1) is 12.0. The fourth-order valence-electron chi connectivity index (χ4n) is 1.54. The van der Waals surface area contributed by atoms with Gasteiger partial charge in [-0.05, 0) is 18.2 Å². The molecule has 0 fully saturated rings. The topological polar surface area (TPSA) is 54.0 Å². The highest BCUT2D eigenvalue weighted by Gasteiger charge is 2.12. The van der Waals surface area contributed by atoms with Crippen molar-refractivity contribution in [2.75, 3.05) is 17.7 Å². The van der Waals surface area contributed by atoms with Crippen LogP contribution in [-0.2, 0) is 0 Å². The zero-order valence-electron chi connectivity index (χ0n) is 9.77. The van der Waals surface area contributed by atoms with E-state index in [1.165, 1.54) is 24.5 Å². The maximum absolute atomic E-state index is 13.4. The van der Waals surface area contributed by atoms with E-state index in [1.807, 2.05) is 0 Å². The Balaban J connectivity index is 2.25. The number of hydrogen-bond acceptors (Lipinski definition) is 3. The van der Waals surface area contributed by atoms with Crippen LogP contribution < -0.4 is 10.6 Å². The van der Waals surface area contributed by atoms with Crippen LogP contribution in [0.3, 0.4) is 0 Å². The molecule has 1 aromatic heterocycles. The predicted molar refractivity (Wildman–Crippen MR) is 68.1 cm³/mol. The average Bonchev–Trinajstić information content (AvgIpc) is 2.41. The lowest BCUT2D eigenvalue weighted by Gasteiger charge is -2.09. The molecule has 2 N–H and O–H groups in total. The lowest BCUT2D eigenvalue weighted by atomic mass is 10.2. The van der Waals surface area contributed by atoms with Crippen LogP contribution in [0.5, 0.6) is 0 Å². The Morgan fingerprint density at radius 1 is 1.22 bits per heavy atom. The second-order valence-electron chi connectivity index (χ2n) is 3.61. The first-order chi connectivity index (χ1) is 8.72. The molecule has 0 bridgehead atoms. The third kappa shape index (κ3) is 2.45. The number of aromatic nitrogens is 1.